The quantitative estimate of drug-likeness (QED) is 0.813. The molecule has 1 aromatic carbocycles. The molecular formula is C18H24N2O3. The third-order valence-electron chi connectivity index (χ3n) is 3.60. The molecule has 1 heterocycles. The van der Waals surface area contributed by atoms with E-state index in [2.05, 4.69) is 10.2 Å². The molecule has 5 nitrogen and oxygen atoms in total. The fourth-order valence-electron chi connectivity index (χ4n) is 2.43. The first-order chi connectivity index (χ1) is 11.1. The number of ether oxygens (including phenoxy) is 2. The lowest BCUT2D eigenvalue weighted by molar-refractivity contribution is -0.00974. The standard InChI is InChI=1S/C18H24N2O3/c1-4-22-12-17(23-5-2)15-8-6-14(7-9-15)11-16-10-13(3)19-20-18(16)21/h6-10,17H,4-5,11-12H2,1-3H3,(H,20,21). The van der Waals surface area contributed by atoms with E-state index in [1.807, 2.05) is 51.1 Å². The first kappa shape index (κ1) is 17.4. The Morgan fingerprint density at radius 2 is 1.91 bits per heavy atom. The second kappa shape index (κ2) is 8.60. The van der Waals surface area contributed by atoms with Gasteiger partial charge in [-0.15, -0.1) is 0 Å². The molecule has 0 spiro atoms. The third kappa shape index (κ3) is 5.01. The van der Waals surface area contributed by atoms with Crippen molar-refractivity contribution in [2.45, 2.75) is 33.3 Å². The van der Waals surface area contributed by atoms with Crippen molar-refractivity contribution in [2.75, 3.05) is 19.8 Å². The maximum absolute atomic E-state index is 11.8. The van der Waals surface area contributed by atoms with Gasteiger partial charge in [0.15, 0.2) is 0 Å². The molecule has 0 amide bonds. The van der Waals surface area contributed by atoms with Gasteiger partial charge in [-0.3, -0.25) is 4.79 Å². The summed E-state index contributed by atoms with van der Waals surface area (Å²) in [6.07, 6.45) is 0.532. The van der Waals surface area contributed by atoms with Crippen molar-refractivity contribution in [2.24, 2.45) is 0 Å². The summed E-state index contributed by atoms with van der Waals surface area (Å²) in [4.78, 5) is 11.8. The molecule has 2 rings (SSSR count). The molecule has 0 saturated carbocycles. The molecule has 1 N–H and O–H groups in total. The van der Waals surface area contributed by atoms with Crippen LogP contribution in [0.15, 0.2) is 35.1 Å². The van der Waals surface area contributed by atoms with Gasteiger partial charge in [-0.25, -0.2) is 5.10 Å². The summed E-state index contributed by atoms with van der Waals surface area (Å²) in [5, 5.41) is 6.42. The predicted molar refractivity (Wildman–Crippen MR) is 89.7 cm³/mol. The average Bonchev–Trinajstić information content (AvgIpc) is 2.56. The van der Waals surface area contributed by atoms with Gasteiger partial charge < -0.3 is 9.47 Å². The second-order valence-corrected chi connectivity index (χ2v) is 5.39. The molecule has 0 fully saturated rings. The van der Waals surface area contributed by atoms with Gasteiger partial charge in [-0.05, 0) is 38.0 Å². The van der Waals surface area contributed by atoms with Crippen LogP contribution >= 0.6 is 0 Å². The highest BCUT2D eigenvalue weighted by molar-refractivity contribution is 5.29. The van der Waals surface area contributed by atoms with E-state index in [-0.39, 0.29) is 11.7 Å². The van der Waals surface area contributed by atoms with Crippen LogP contribution in [0.3, 0.4) is 0 Å². The number of aromatic nitrogens is 2. The monoisotopic (exact) mass is 316 g/mol. The highest BCUT2D eigenvalue weighted by atomic mass is 16.5. The number of benzene rings is 1. The van der Waals surface area contributed by atoms with Crippen molar-refractivity contribution in [1.82, 2.24) is 10.2 Å². The van der Waals surface area contributed by atoms with E-state index in [4.69, 9.17) is 9.47 Å². The van der Waals surface area contributed by atoms with Crippen molar-refractivity contribution in [1.29, 1.82) is 0 Å². The van der Waals surface area contributed by atoms with E-state index < -0.39 is 0 Å². The van der Waals surface area contributed by atoms with E-state index in [9.17, 15) is 4.79 Å². The minimum atomic E-state index is -0.136. The van der Waals surface area contributed by atoms with Gasteiger partial charge >= 0.3 is 0 Å². The fraction of sp³-hybridized carbons (Fsp3) is 0.444. The number of hydrogen-bond donors (Lipinski definition) is 1. The van der Waals surface area contributed by atoms with Gasteiger partial charge in [0.1, 0.15) is 6.10 Å². The number of hydrogen-bond acceptors (Lipinski definition) is 4. The molecule has 0 bridgehead atoms. The Morgan fingerprint density at radius 1 is 1.17 bits per heavy atom. The smallest absolute Gasteiger partial charge is 0.267 e. The number of rotatable bonds is 8. The van der Waals surface area contributed by atoms with Crippen LogP contribution in [0.1, 0.15) is 42.3 Å². The van der Waals surface area contributed by atoms with E-state index in [1.54, 1.807) is 0 Å². The van der Waals surface area contributed by atoms with E-state index in [0.29, 0.717) is 26.2 Å². The van der Waals surface area contributed by atoms with Gasteiger partial charge in [0.25, 0.3) is 5.56 Å². The van der Waals surface area contributed by atoms with E-state index in [1.165, 1.54) is 0 Å². The number of aryl methyl sites for hydroxylation is 1. The van der Waals surface area contributed by atoms with Crippen LogP contribution in [0, 0.1) is 6.92 Å². The van der Waals surface area contributed by atoms with Crippen molar-refractivity contribution >= 4 is 0 Å². The zero-order valence-corrected chi connectivity index (χ0v) is 14.0. The molecule has 0 aliphatic heterocycles. The van der Waals surface area contributed by atoms with Crippen LogP contribution in [0.2, 0.25) is 0 Å². The lowest BCUT2D eigenvalue weighted by Gasteiger charge is -2.17. The van der Waals surface area contributed by atoms with Crippen LogP contribution in [0.5, 0.6) is 0 Å². The van der Waals surface area contributed by atoms with Crippen molar-refractivity contribution in [3.05, 3.63) is 63.1 Å². The number of aromatic amines is 1. The molecule has 23 heavy (non-hydrogen) atoms. The Morgan fingerprint density at radius 3 is 2.57 bits per heavy atom. The van der Waals surface area contributed by atoms with Crippen LogP contribution < -0.4 is 5.56 Å². The summed E-state index contributed by atoms with van der Waals surface area (Å²) in [5.41, 5.74) is 3.56. The average molecular weight is 316 g/mol. The molecule has 0 aliphatic carbocycles. The first-order valence-electron chi connectivity index (χ1n) is 7.97. The Kier molecular flexibility index (Phi) is 6.50. The highest BCUT2D eigenvalue weighted by Crippen LogP contribution is 2.19. The summed E-state index contributed by atoms with van der Waals surface area (Å²) in [6, 6.07) is 9.96. The minimum absolute atomic E-state index is 0.0550. The lowest BCUT2D eigenvalue weighted by Crippen LogP contribution is -2.15. The van der Waals surface area contributed by atoms with Crippen LogP contribution in [-0.2, 0) is 15.9 Å². The Labute approximate surface area is 136 Å². The summed E-state index contributed by atoms with van der Waals surface area (Å²) >= 11 is 0. The molecule has 1 atom stereocenters. The van der Waals surface area contributed by atoms with Crippen molar-refractivity contribution in [3.63, 3.8) is 0 Å². The summed E-state index contributed by atoms with van der Waals surface area (Å²) < 4.78 is 11.2. The fourth-order valence-corrected chi connectivity index (χ4v) is 2.43. The maximum atomic E-state index is 11.8. The molecular weight excluding hydrogens is 292 g/mol. The first-order valence-corrected chi connectivity index (χ1v) is 7.97. The van der Waals surface area contributed by atoms with Crippen molar-refractivity contribution < 1.29 is 9.47 Å². The van der Waals surface area contributed by atoms with E-state index >= 15 is 0 Å². The van der Waals surface area contributed by atoms with Gasteiger partial charge in [0, 0.05) is 25.2 Å². The van der Waals surface area contributed by atoms with Crippen LogP contribution in [-0.4, -0.2) is 30.0 Å². The van der Waals surface area contributed by atoms with Crippen molar-refractivity contribution in [3.8, 4) is 0 Å². The minimum Gasteiger partial charge on any atom is -0.379 e. The number of H-pyrrole nitrogens is 1. The summed E-state index contributed by atoms with van der Waals surface area (Å²) in [6.45, 7) is 7.68. The summed E-state index contributed by atoms with van der Waals surface area (Å²) in [7, 11) is 0. The Balaban J connectivity index is 2.11. The largest absolute Gasteiger partial charge is 0.379 e. The molecule has 0 saturated heterocycles. The lowest BCUT2D eigenvalue weighted by atomic mass is 10.0. The predicted octanol–water partition coefficient (Wildman–Crippen LogP) is 2.78. The molecule has 0 radical (unpaired) electrons. The van der Waals surface area contributed by atoms with Gasteiger partial charge in [-0.1, -0.05) is 24.3 Å². The number of nitrogens with zero attached hydrogens (tertiary/aromatic N) is 1. The zero-order chi connectivity index (χ0) is 16.7. The third-order valence-corrected chi connectivity index (χ3v) is 3.60. The normalized spacial score (nSPS) is 12.3. The summed E-state index contributed by atoms with van der Waals surface area (Å²) in [5.74, 6) is 0. The molecule has 5 heteroatoms. The topological polar surface area (TPSA) is 64.2 Å². The van der Waals surface area contributed by atoms with Crippen LogP contribution in [0.25, 0.3) is 0 Å². The second-order valence-electron chi connectivity index (χ2n) is 5.39. The molecule has 1 unspecified atom stereocenters. The molecule has 0 aliphatic rings. The molecule has 1 aromatic heterocycles. The maximum Gasteiger partial charge on any atom is 0.267 e. The van der Waals surface area contributed by atoms with Gasteiger partial charge in [0.2, 0.25) is 0 Å². The highest BCUT2D eigenvalue weighted by Gasteiger charge is 2.12. The van der Waals surface area contributed by atoms with Gasteiger partial charge in [-0.2, -0.15) is 5.10 Å². The SMILES string of the molecule is CCOCC(OCC)c1ccc(Cc2cc(C)n[nH]c2=O)cc1. The van der Waals surface area contributed by atoms with E-state index in [0.717, 1.165) is 22.4 Å². The van der Waals surface area contributed by atoms with Crippen LogP contribution in [0.4, 0.5) is 0 Å². The zero-order valence-electron chi connectivity index (χ0n) is 14.0. The molecule has 124 valence electrons. The molecule has 2 aromatic rings. The van der Waals surface area contributed by atoms with Gasteiger partial charge in [0.05, 0.1) is 12.3 Å². The Bertz CT molecular complexity index is 665. The number of nitrogens with one attached hydrogen (secondary N) is 1. The Hall–Kier alpha value is -1.98.